The molecule has 0 saturated heterocycles. The van der Waals surface area contributed by atoms with Crippen LogP contribution < -0.4 is 5.32 Å². The average molecular weight is 298 g/mol. The number of nitrogens with zero attached hydrogens (tertiary/aromatic N) is 2. The smallest absolute Gasteiger partial charge is 0.273 e. The first-order valence-corrected chi connectivity index (χ1v) is 6.57. The van der Waals surface area contributed by atoms with Gasteiger partial charge in [-0.05, 0) is 38.1 Å². The molecule has 0 fully saturated rings. The SMILES string of the molecule is CCn1nc(C)cc1C(=O)Nc1cc(Cl)cc(Cl)c1. The maximum Gasteiger partial charge on any atom is 0.273 e. The maximum absolute atomic E-state index is 12.2. The van der Waals surface area contributed by atoms with Crippen molar-refractivity contribution in [2.24, 2.45) is 0 Å². The minimum Gasteiger partial charge on any atom is -0.321 e. The fourth-order valence-electron chi connectivity index (χ4n) is 1.79. The molecule has 0 aliphatic rings. The van der Waals surface area contributed by atoms with Gasteiger partial charge >= 0.3 is 0 Å². The van der Waals surface area contributed by atoms with Gasteiger partial charge in [0, 0.05) is 22.3 Å². The van der Waals surface area contributed by atoms with Crippen LogP contribution in [0.5, 0.6) is 0 Å². The van der Waals surface area contributed by atoms with Gasteiger partial charge in [0.15, 0.2) is 0 Å². The van der Waals surface area contributed by atoms with E-state index in [0.29, 0.717) is 28.0 Å². The fraction of sp³-hybridized carbons (Fsp3) is 0.231. The van der Waals surface area contributed by atoms with Crippen LogP contribution in [0.15, 0.2) is 24.3 Å². The van der Waals surface area contributed by atoms with Crippen molar-refractivity contribution in [3.63, 3.8) is 0 Å². The van der Waals surface area contributed by atoms with Crippen LogP contribution in [0.2, 0.25) is 10.0 Å². The van der Waals surface area contributed by atoms with Crippen molar-refractivity contribution in [2.45, 2.75) is 20.4 Å². The molecule has 0 aliphatic carbocycles. The van der Waals surface area contributed by atoms with Gasteiger partial charge in [-0.2, -0.15) is 5.10 Å². The molecule has 0 spiro atoms. The highest BCUT2D eigenvalue weighted by molar-refractivity contribution is 6.35. The van der Waals surface area contributed by atoms with E-state index >= 15 is 0 Å². The lowest BCUT2D eigenvalue weighted by molar-refractivity contribution is 0.101. The highest BCUT2D eigenvalue weighted by atomic mass is 35.5. The van der Waals surface area contributed by atoms with Crippen LogP contribution in [-0.4, -0.2) is 15.7 Å². The quantitative estimate of drug-likeness (QED) is 0.937. The van der Waals surface area contributed by atoms with E-state index in [1.807, 2.05) is 13.8 Å². The number of halogens is 2. The van der Waals surface area contributed by atoms with Crippen molar-refractivity contribution < 1.29 is 4.79 Å². The highest BCUT2D eigenvalue weighted by Crippen LogP contribution is 2.23. The Morgan fingerprint density at radius 1 is 1.26 bits per heavy atom. The monoisotopic (exact) mass is 297 g/mol. The molecule has 100 valence electrons. The third kappa shape index (κ3) is 3.28. The Morgan fingerprint density at radius 3 is 2.47 bits per heavy atom. The van der Waals surface area contributed by atoms with E-state index in [4.69, 9.17) is 23.2 Å². The van der Waals surface area contributed by atoms with E-state index < -0.39 is 0 Å². The van der Waals surface area contributed by atoms with Gasteiger partial charge in [-0.3, -0.25) is 9.48 Å². The minimum absolute atomic E-state index is 0.235. The number of hydrogen-bond acceptors (Lipinski definition) is 2. The summed E-state index contributed by atoms with van der Waals surface area (Å²) >= 11 is 11.8. The Morgan fingerprint density at radius 2 is 1.89 bits per heavy atom. The molecule has 1 N–H and O–H groups in total. The first kappa shape index (κ1) is 13.9. The number of aryl methyl sites for hydroxylation is 2. The van der Waals surface area contributed by atoms with E-state index in [9.17, 15) is 4.79 Å². The van der Waals surface area contributed by atoms with Gasteiger partial charge in [-0.15, -0.1) is 0 Å². The average Bonchev–Trinajstić information content (AvgIpc) is 2.69. The number of anilines is 1. The highest BCUT2D eigenvalue weighted by Gasteiger charge is 2.13. The molecule has 1 aromatic heterocycles. The lowest BCUT2D eigenvalue weighted by Gasteiger charge is -2.07. The van der Waals surface area contributed by atoms with E-state index in [2.05, 4.69) is 10.4 Å². The maximum atomic E-state index is 12.2. The third-order valence-electron chi connectivity index (χ3n) is 2.55. The predicted octanol–water partition coefficient (Wildman–Crippen LogP) is 3.77. The van der Waals surface area contributed by atoms with Crippen molar-refractivity contribution in [3.8, 4) is 0 Å². The van der Waals surface area contributed by atoms with Crippen LogP contribution >= 0.6 is 23.2 Å². The molecule has 0 unspecified atom stereocenters. The molecule has 0 atom stereocenters. The van der Waals surface area contributed by atoms with Gasteiger partial charge in [0.2, 0.25) is 0 Å². The molecule has 0 aliphatic heterocycles. The summed E-state index contributed by atoms with van der Waals surface area (Å²) in [5.74, 6) is -0.235. The van der Waals surface area contributed by atoms with Crippen LogP contribution in [0.3, 0.4) is 0 Å². The van der Waals surface area contributed by atoms with E-state index in [1.54, 1.807) is 28.9 Å². The number of aromatic nitrogens is 2. The van der Waals surface area contributed by atoms with Gasteiger partial charge in [0.25, 0.3) is 5.91 Å². The number of carbonyl (C=O) groups is 1. The molecule has 2 rings (SSSR count). The van der Waals surface area contributed by atoms with Crippen molar-refractivity contribution in [1.29, 1.82) is 0 Å². The summed E-state index contributed by atoms with van der Waals surface area (Å²) < 4.78 is 1.65. The Balaban J connectivity index is 2.25. The number of nitrogens with one attached hydrogen (secondary N) is 1. The van der Waals surface area contributed by atoms with E-state index in [-0.39, 0.29) is 5.91 Å². The van der Waals surface area contributed by atoms with Crippen LogP contribution in [0.25, 0.3) is 0 Å². The number of hydrogen-bond donors (Lipinski definition) is 1. The van der Waals surface area contributed by atoms with Crippen molar-refractivity contribution >= 4 is 34.8 Å². The first-order valence-electron chi connectivity index (χ1n) is 5.81. The van der Waals surface area contributed by atoms with Crippen LogP contribution in [0.1, 0.15) is 23.1 Å². The number of amides is 1. The topological polar surface area (TPSA) is 46.9 Å². The lowest BCUT2D eigenvalue weighted by atomic mass is 10.3. The van der Waals surface area contributed by atoms with Gasteiger partial charge in [-0.1, -0.05) is 23.2 Å². The Kier molecular flexibility index (Phi) is 4.12. The third-order valence-corrected chi connectivity index (χ3v) is 2.99. The molecule has 2 aromatic rings. The van der Waals surface area contributed by atoms with Crippen molar-refractivity contribution in [1.82, 2.24) is 9.78 Å². The molecule has 4 nitrogen and oxygen atoms in total. The van der Waals surface area contributed by atoms with Gasteiger partial charge in [-0.25, -0.2) is 0 Å². The second-order valence-electron chi connectivity index (χ2n) is 4.10. The zero-order valence-corrected chi connectivity index (χ0v) is 12.1. The Bertz CT molecular complexity index is 602. The minimum atomic E-state index is -0.235. The zero-order valence-electron chi connectivity index (χ0n) is 10.6. The predicted molar refractivity (Wildman–Crippen MR) is 77.1 cm³/mol. The van der Waals surface area contributed by atoms with E-state index in [1.165, 1.54) is 0 Å². The Labute approximate surface area is 121 Å². The molecule has 1 heterocycles. The summed E-state index contributed by atoms with van der Waals surface area (Å²) in [6.07, 6.45) is 0. The first-order chi connectivity index (χ1) is 8.99. The molecule has 19 heavy (non-hydrogen) atoms. The normalized spacial score (nSPS) is 10.5. The van der Waals surface area contributed by atoms with Crippen LogP contribution in [0, 0.1) is 6.92 Å². The zero-order chi connectivity index (χ0) is 14.0. The molecule has 1 aromatic carbocycles. The summed E-state index contributed by atoms with van der Waals surface area (Å²) in [7, 11) is 0. The van der Waals surface area contributed by atoms with Gasteiger partial charge in [0.05, 0.1) is 5.69 Å². The number of rotatable bonds is 3. The fourth-order valence-corrected chi connectivity index (χ4v) is 2.32. The molecule has 0 saturated carbocycles. The second kappa shape index (κ2) is 5.63. The number of carbonyl (C=O) groups excluding carboxylic acids is 1. The van der Waals surface area contributed by atoms with Crippen LogP contribution in [-0.2, 0) is 6.54 Å². The summed E-state index contributed by atoms with van der Waals surface area (Å²) in [5.41, 5.74) is 1.87. The molecular formula is C13H13Cl2N3O. The van der Waals surface area contributed by atoms with Gasteiger partial charge in [0.1, 0.15) is 5.69 Å². The molecular weight excluding hydrogens is 285 g/mol. The van der Waals surface area contributed by atoms with Crippen molar-refractivity contribution in [3.05, 3.63) is 45.7 Å². The van der Waals surface area contributed by atoms with E-state index in [0.717, 1.165) is 5.69 Å². The molecule has 6 heteroatoms. The largest absolute Gasteiger partial charge is 0.321 e. The van der Waals surface area contributed by atoms with Gasteiger partial charge < -0.3 is 5.32 Å². The van der Waals surface area contributed by atoms with Crippen LogP contribution in [0.4, 0.5) is 5.69 Å². The summed E-state index contributed by atoms with van der Waals surface area (Å²) in [4.78, 5) is 12.2. The number of benzene rings is 1. The second-order valence-corrected chi connectivity index (χ2v) is 4.97. The molecule has 0 radical (unpaired) electrons. The summed E-state index contributed by atoms with van der Waals surface area (Å²) in [6.45, 7) is 4.41. The van der Waals surface area contributed by atoms with Crippen molar-refractivity contribution in [2.75, 3.05) is 5.32 Å². The lowest BCUT2D eigenvalue weighted by Crippen LogP contribution is -2.17. The molecule has 0 bridgehead atoms. The summed E-state index contributed by atoms with van der Waals surface area (Å²) in [5, 5.41) is 7.94. The Hall–Kier alpha value is -1.52. The molecule has 1 amide bonds. The standard InChI is InChI=1S/C13H13Cl2N3O/c1-3-18-12(4-8(2)17-18)13(19)16-11-6-9(14)5-10(15)7-11/h4-7H,3H2,1-2H3,(H,16,19). The summed E-state index contributed by atoms with van der Waals surface area (Å²) in [6, 6.07) is 6.64.